The molecule has 19 nitrogen and oxygen atoms in total. The van der Waals surface area contributed by atoms with E-state index in [0.29, 0.717) is 16.7 Å². The van der Waals surface area contributed by atoms with E-state index in [1.54, 1.807) is 18.3 Å². The van der Waals surface area contributed by atoms with Crippen molar-refractivity contribution in [2.45, 2.75) is 49.4 Å². The van der Waals surface area contributed by atoms with Crippen molar-refractivity contribution >= 4 is 43.5 Å². The molecule has 7 heterocycles. The molecule has 4 aromatic heterocycles. The lowest BCUT2D eigenvalue weighted by Crippen LogP contribution is -2.36. The van der Waals surface area contributed by atoms with Crippen molar-refractivity contribution in [3.63, 3.8) is 0 Å². The predicted molar refractivity (Wildman–Crippen MR) is 142 cm³/mol. The van der Waals surface area contributed by atoms with Gasteiger partial charge in [0.15, 0.2) is 23.6 Å². The monoisotopic (exact) mass is 641 g/mol. The van der Waals surface area contributed by atoms with Crippen LogP contribution in [0.4, 0.5) is 5.69 Å². The number of nitrogens with zero attached hydrogens (tertiary/aromatic N) is 5. The number of pyridine rings is 1. The smallest absolute Gasteiger partial charge is 0.398 e. The molecule has 21 heteroatoms. The van der Waals surface area contributed by atoms with Crippen LogP contribution in [0.1, 0.15) is 18.9 Å². The number of nitrogens with one attached hydrogen (secondary N) is 1. The van der Waals surface area contributed by atoms with Crippen molar-refractivity contribution < 1.29 is 51.6 Å². The molecule has 3 aliphatic heterocycles. The Hall–Kier alpha value is -3.06. The molecule has 230 valence electrons. The number of H-pyrrole nitrogens is 1. The molecule has 4 aromatic rings. The summed E-state index contributed by atoms with van der Waals surface area (Å²) in [4.78, 5) is 48.2. The van der Waals surface area contributed by atoms with Crippen molar-refractivity contribution in [1.29, 1.82) is 0 Å². The molecule has 0 radical (unpaired) electrons. The standard InChI is InChI=1S/C22H25N7O12P2/c23-12-1-3-24-18-11(12)2-4-28(18)22-16(30)17-14(39-22)7-37-42(32,33)40-13-5-10(6-36-43(34,35)41-17)38-21(13)29-9-27-15-19(29)25-8-26-20(15)31/h1-4,8-10,13-14,16-17,21-22,30H,5-7H2,(H2,23,24)(H,32,33)(H,34,35)(H,25,26,31)/t10-,13+,14+,16+,17+,21+,22+/m0/s1. The van der Waals surface area contributed by atoms with Crippen LogP contribution in [-0.2, 0) is 36.7 Å². The molecular weight excluding hydrogens is 616 g/mol. The van der Waals surface area contributed by atoms with Gasteiger partial charge in [-0.05, 0) is 12.1 Å². The van der Waals surface area contributed by atoms with E-state index in [1.807, 2.05) is 0 Å². The Kier molecular flexibility index (Phi) is 7.03. The molecule has 7 rings (SSSR count). The molecule has 0 saturated carbocycles. The van der Waals surface area contributed by atoms with Gasteiger partial charge in [-0.1, -0.05) is 0 Å². The lowest BCUT2D eigenvalue weighted by atomic mass is 10.1. The molecule has 3 saturated heterocycles. The fourth-order valence-corrected chi connectivity index (χ4v) is 7.35. The third-order valence-corrected chi connectivity index (χ3v) is 9.36. The van der Waals surface area contributed by atoms with Crippen molar-refractivity contribution in [3.05, 3.63) is 47.5 Å². The zero-order valence-electron chi connectivity index (χ0n) is 21.9. The quantitative estimate of drug-likeness (QED) is 0.185. The SMILES string of the molecule is Nc1ccnc2c1ccn2[C@@H]1O[C@@H]2COP(=O)(O)O[C@@H]3C[C@@H](COP(=O)(O)O[C@H]2[C@H]1O)O[C@H]3n1cnc2c(=O)[nH]cnc21. The summed E-state index contributed by atoms with van der Waals surface area (Å²) in [5.41, 5.74) is 6.35. The first-order chi connectivity index (χ1) is 20.5. The van der Waals surface area contributed by atoms with E-state index >= 15 is 0 Å². The minimum atomic E-state index is -4.88. The molecule has 0 amide bonds. The van der Waals surface area contributed by atoms with Crippen LogP contribution in [-0.4, -0.2) is 87.7 Å². The fraction of sp³-hybridized carbons (Fsp3) is 0.455. The molecule has 43 heavy (non-hydrogen) atoms. The lowest BCUT2D eigenvalue weighted by molar-refractivity contribution is -0.0670. The van der Waals surface area contributed by atoms with Gasteiger partial charge in [0, 0.05) is 29.9 Å². The number of nitrogens with two attached hydrogens (primary N) is 1. The van der Waals surface area contributed by atoms with Crippen LogP contribution in [0.2, 0.25) is 0 Å². The topological polar surface area (TPSA) is 258 Å². The Labute approximate surface area is 240 Å². The Morgan fingerprint density at radius 2 is 1.74 bits per heavy atom. The van der Waals surface area contributed by atoms with E-state index in [4.69, 9.17) is 33.3 Å². The Bertz CT molecular complexity index is 1850. The summed E-state index contributed by atoms with van der Waals surface area (Å²) in [5, 5.41) is 11.7. The van der Waals surface area contributed by atoms with Gasteiger partial charge in [-0.3, -0.25) is 27.5 Å². The Balaban J connectivity index is 1.18. The van der Waals surface area contributed by atoms with Crippen molar-refractivity contribution in [2.24, 2.45) is 0 Å². The van der Waals surface area contributed by atoms with E-state index in [-0.39, 0.29) is 17.6 Å². The van der Waals surface area contributed by atoms with Crippen LogP contribution in [0.5, 0.6) is 0 Å². The van der Waals surface area contributed by atoms with Crippen molar-refractivity contribution in [3.8, 4) is 0 Å². The van der Waals surface area contributed by atoms with E-state index in [0.717, 1.165) is 6.33 Å². The molecule has 2 unspecified atom stereocenters. The minimum Gasteiger partial charge on any atom is -0.398 e. The van der Waals surface area contributed by atoms with Gasteiger partial charge in [0.1, 0.15) is 30.1 Å². The number of ether oxygens (including phenoxy) is 2. The van der Waals surface area contributed by atoms with E-state index in [9.17, 15) is 28.8 Å². The van der Waals surface area contributed by atoms with Gasteiger partial charge in [-0.15, -0.1) is 0 Å². The number of aromatic nitrogens is 6. The van der Waals surface area contributed by atoms with E-state index in [1.165, 1.54) is 21.7 Å². The Morgan fingerprint density at radius 3 is 2.58 bits per heavy atom. The highest BCUT2D eigenvalue weighted by Gasteiger charge is 2.51. The lowest BCUT2D eigenvalue weighted by Gasteiger charge is -2.25. The number of aromatic amines is 1. The highest BCUT2D eigenvalue weighted by molar-refractivity contribution is 7.47. The average Bonchev–Trinajstić information content (AvgIpc) is 3.72. The first-order valence-corrected chi connectivity index (χ1v) is 15.9. The number of anilines is 1. The summed E-state index contributed by atoms with van der Waals surface area (Å²) >= 11 is 0. The van der Waals surface area contributed by atoms with Crippen molar-refractivity contribution in [1.82, 2.24) is 29.1 Å². The zero-order valence-corrected chi connectivity index (χ0v) is 23.6. The molecular formula is C22H25N7O12P2. The van der Waals surface area contributed by atoms with Gasteiger partial charge >= 0.3 is 15.6 Å². The second-order valence-corrected chi connectivity index (χ2v) is 12.9. The van der Waals surface area contributed by atoms with Gasteiger partial charge in [0.2, 0.25) is 0 Å². The van der Waals surface area contributed by atoms with E-state index in [2.05, 4.69) is 19.9 Å². The van der Waals surface area contributed by atoms with Crippen molar-refractivity contribution in [2.75, 3.05) is 18.9 Å². The summed E-state index contributed by atoms with van der Waals surface area (Å²) in [7, 11) is -9.74. The molecule has 3 fully saturated rings. The molecule has 0 spiro atoms. The second kappa shape index (κ2) is 10.5. The van der Waals surface area contributed by atoms with Gasteiger partial charge in [-0.2, -0.15) is 0 Å². The van der Waals surface area contributed by atoms with Crippen LogP contribution in [0, 0.1) is 0 Å². The maximum absolute atomic E-state index is 13.1. The number of hydrogen-bond donors (Lipinski definition) is 5. The van der Waals surface area contributed by atoms with Crippen LogP contribution < -0.4 is 11.3 Å². The number of nitrogen functional groups attached to an aromatic ring is 1. The van der Waals surface area contributed by atoms with Crippen LogP contribution >= 0.6 is 15.6 Å². The number of hydrogen-bond acceptors (Lipinski definition) is 14. The minimum absolute atomic E-state index is 0.0125. The molecule has 9 atom stereocenters. The number of fused-ring (bicyclic) bond motifs is 5. The van der Waals surface area contributed by atoms with Gasteiger partial charge < -0.3 is 39.7 Å². The number of phosphoric acid groups is 2. The van der Waals surface area contributed by atoms with Gasteiger partial charge in [0.25, 0.3) is 5.56 Å². The predicted octanol–water partition coefficient (Wildman–Crippen LogP) is 0.315. The fourth-order valence-electron chi connectivity index (χ4n) is 5.44. The van der Waals surface area contributed by atoms with Gasteiger partial charge in [-0.25, -0.2) is 24.1 Å². The number of rotatable bonds is 2. The number of aliphatic hydroxyl groups is 1. The summed E-state index contributed by atoms with van der Waals surface area (Å²) < 4.78 is 62.0. The maximum atomic E-state index is 13.1. The number of imidazole rings is 1. The van der Waals surface area contributed by atoms with Crippen LogP contribution in [0.25, 0.3) is 22.2 Å². The second-order valence-electron chi connectivity index (χ2n) is 10.1. The largest absolute Gasteiger partial charge is 0.472 e. The highest BCUT2D eigenvalue weighted by atomic mass is 31.2. The summed E-state index contributed by atoms with van der Waals surface area (Å²) in [6.07, 6.45) is -3.65. The van der Waals surface area contributed by atoms with Gasteiger partial charge in [0.05, 0.1) is 32.0 Å². The normalized spacial score (nSPS) is 37.1. The molecule has 0 aromatic carbocycles. The first kappa shape index (κ1) is 28.7. The zero-order chi connectivity index (χ0) is 30.1. The maximum Gasteiger partial charge on any atom is 0.472 e. The third kappa shape index (κ3) is 5.22. The summed E-state index contributed by atoms with van der Waals surface area (Å²) in [5.74, 6) is 0. The molecule has 0 aliphatic carbocycles. The first-order valence-electron chi connectivity index (χ1n) is 12.9. The van der Waals surface area contributed by atoms with Crippen LogP contribution in [0.3, 0.4) is 0 Å². The molecule has 2 bridgehead atoms. The van der Waals surface area contributed by atoms with E-state index < -0.39 is 77.4 Å². The van der Waals surface area contributed by atoms with Crippen LogP contribution in [0.15, 0.2) is 42.0 Å². The third-order valence-electron chi connectivity index (χ3n) is 7.37. The highest BCUT2D eigenvalue weighted by Crippen LogP contribution is 2.53. The average molecular weight is 641 g/mol. The summed E-state index contributed by atoms with van der Waals surface area (Å²) in [6.45, 7) is -1.21. The summed E-state index contributed by atoms with van der Waals surface area (Å²) in [6, 6.07) is 3.24. The molecule has 6 N–H and O–H groups in total. The number of phosphoric ester groups is 2. The molecule has 3 aliphatic rings. The number of aliphatic hydroxyl groups excluding tert-OH is 1. The Morgan fingerprint density at radius 1 is 0.953 bits per heavy atom.